The molecular formula is C12H16N2O3. The molecule has 1 aromatic rings. The lowest BCUT2D eigenvalue weighted by atomic mass is 9.85. The lowest BCUT2D eigenvalue weighted by Gasteiger charge is -2.19. The summed E-state index contributed by atoms with van der Waals surface area (Å²) in [4.78, 5) is 21.5. The van der Waals surface area contributed by atoms with Gasteiger partial charge in [-0.15, -0.1) is 0 Å². The molecule has 1 amide bonds. The Bertz CT molecular complexity index is 461. The molecule has 17 heavy (non-hydrogen) atoms. The van der Waals surface area contributed by atoms with Gasteiger partial charge in [-0.05, 0) is 17.5 Å². The zero-order chi connectivity index (χ0) is 13.2. The smallest absolute Gasteiger partial charge is 0.273 e. The number of nitro benzene ring substituents is 1. The van der Waals surface area contributed by atoms with Gasteiger partial charge in [0.05, 0.1) is 4.92 Å². The summed E-state index contributed by atoms with van der Waals surface area (Å²) in [6, 6.07) is 4.61. The van der Waals surface area contributed by atoms with E-state index in [1.54, 1.807) is 6.07 Å². The molecule has 0 bridgehead atoms. The summed E-state index contributed by atoms with van der Waals surface area (Å²) < 4.78 is 0. The quantitative estimate of drug-likeness (QED) is 0.633. The largest absolute Gasteiger partial charge is 0.326 e. The molecule has 0 fully saturated rings. The van der Waals surface area contributed by atoms with E-state index in [0.717, 1.165) is 0 Å². The van der Waals surface area contributed by atoms with Gasteiger partial charge in [-0.2, -0.15) is 0 Å². The predicted octanol–water partition coefficient (Wildman–Crippen LogP) is 2.85. The number of hydrogen-bond donors (Lipinski definition) is 1. The second-order valence-corrected chi connectivity index (χ2v) is 4.92. The molecule has 92 valence electrons. The molecule has 0 heterocycles. The van der Waals surface area contributed by atoms with Crippen LogP contribution in [-0.4, -0.2) is 10.8 Å². The molecule has 5 heteroatoms. The molecule has 0 atom stereocenters. The normalized spacial score (nSPS) is 11.1. The van der Waals surface area contributed by atoms with Crippen LogP contribution in [0.2, 0.25) is 0 Å². The van der Waals surface area contributed by atoms with Gasteiger partial charge in [0.1, 0.15) is 0 Å². The number of benzene rings is 1. The first-order valence-corrected chi connectivity index (χ1v) is 5.28. The fourth-order valence-corrected chi connectivity index (χ4v) is 1.58. The molecule has 0 radical (unpaired) electrons. The molecule has 1 aromatic carbocycles. The van der Waals surface area contributed by atoms with Gasteiger partial charge < -0.3 is 5.32 Å². The third-order valence-corrected chi connectivity index (χ3v) is 2.32. The van der Waals surface area contributed by atoms with Crippen LogP contribution in [0, 0.1) is 10.1 Å². The number of nitrogens with one attached hydrogen (secondary N) is 1. The van der Waals surface area contributed by atoms with Gasteiger partial charge in [0.25, 0.3) is 5.69 Å². The Labute approximate surface area is 100.0 Å². The fourth-order valence-electron chi connectivity index (χ4n) is 1.58. The summed E-state index contributed by atoms with van der Waals surface area (Å²) in [5.41, 5.74) is 0.907. The monoisotopic (exact) mass is 236 g/mol. The molecular weight excluding hydrogens is 220 g/mol. The zero-order valence-electron chi connectivity index (χ0n) is 10.4. The lowest BCUT2D eigenvalue weighted by Crippen LogP contribution is -2.15. The summed E-state index contributed by atoms with van der Waals surface area (Å²) in [5.74, 6) is -0.196. The van der Waals surface area contributed by atoms with E-state index in [0.29, 0.717) is 11.3 Å². The van der Waals surface area contributed by atoms with Gasteiger partial charge in [-0.1, -0.05) is 20.8 Å². The Morgan fingerprint density at radius 2 is 1.94 bits per heavy atom. The Morgan fingerprint density at radius 3 is 2.35 bits per heavy atom. The summed E-state index contributed by atoms with van der Waals surface area (Å²) in [6.07, 6.45) is 0. The number of nitro groups is 1. The number of carbonyl (C=O) groups excluding carboxylic acids is 1. The maximum absolute atomic E-state index is 10.9. The summed E-state index contributed by atoms with van der Waals surface area (Å²) in [7, 11) is 0. The zero-order valence-corrected chi connectivity index (χ0v) is 10.4. The molecule has 5 nitrogen and oxygen atoms in total. The van der Waals surface area contributed by atoms with E-state index in [1.807, 2.05) is 20.8 Å². The van der Waals surface area contributed by atoms with Gasteiger partial charge >= 0.3 is 0 Å². The first-order chi connectivity index (χ1) is 7.71. The van der Waals surface area contributed by atoms with E-state index >= 15 is 0 Å². The van der Waals surface area contributed by atoms with Crippen LogP contribution in [0.1, 0.15) is 33.3 Å². The Kier molecular flexibility index (Phi) is 3.50. The first-order valence-electron chi connectivity index (χ1n) is 5.28. The van der Waals surface area contributed by atoms with Crippen molar-refractivity contribution in [2.24, 2.45) is 0 Å². The first kappa shape index (κ1) is 13.2. The Morgan fingerprint density at radius 1 is 1.35 bits per heavy atom. The lowest BCUT2D eigenvalue weighted by molar-refractivity contribution is -0.386. The van der Waals surface area contributed by atoms with E-state index in [4.69, 9.17) is 0 Å². The highest BCUT2D eigenvalue weighted by Gasteiger charge is 2.25. The summed E-state index contributed by atoms with van der Waals surface area (Å²) >= 11 is 0. The average molecular weight is 236 g/mol. The van der Waals surface area contributed by atoms with Crippen molar-refractivity contribution in [2.75, 3.05) is 5.32 Å². The summed E-state index contributed by atoms with van der Waals surface area (Å²) in [6.45, 7) is 7.09. The van der Waals surface area contributed by atoms with Crippen LogP contribution in [0.5, 0.6) is 0 Å². The Balaban J connectivity index is 3.29. The van der Waals surface area contributed by atoms with E-state index in [1.165, 1.54) is 19.1 Å². The van der Waals surface area contributed by atoms with Gasteiger partial charge in [0.15, 0.2) is 0 Å². The summed E-state index contributed by atoms with van der Waals surface area (Å²) in [5, 5.41) is 13.5. The Hall–Kier alpha value is -1.91. The third kappa shape index (κ3) is 3.27. The van der Waals surface area contributed by atoms with Crippen LogP contribution >= 0.6 is 0 Å². The van der Waals surface area contributed by atoms with Crippen molar-refractivity contribution in [1.82, 2.24) is 0 Å². The van der Waals surface area contributed by atoms with Crippen LogP contribution in [0.3, 0.4) is 0 Å². The topological polar surface area (TPSA) is 72.2 Å². The van der Waals surface area contributed by atoms with E-state index < -0.39 is 4.92 Å². The van der Waals surface area contributed by atoms with Crippen LogP contribution in [0.25, 0.3) is 0 Å². The van der Waals surface area contributed by atoms with Crippen molar-refractivity contribution in [3.05, 3.63) is 33.9 Å². The number of hydrogen-bond acceptors (Lipinski definition) is 3. The van der Waals surface area contributed by atoms with Crippen LogP contribution in [0.15, 0.2) is 18.2 Å². The van der Waals surface area contributed by atoms with Gasteiger partial charge in [0.2, 0.25) is 5.91 Å². The van der Waals surface area contributed by atoms with E-state index in [9.17, 15) is 14.9 Å². The highest BCUT2D eigenvalue weighted by molar-refractivity contribution is 5.89. The maximum Gasteiger partial charge on any atom is 0.273 e. The van der Waals surface area contributed by atoms with Crippen molar-refractivity contribution in [1.29, 1.82) is 0 Å². The molecule has 1 N–H and O–H groups in total. The van der Waals surface area contributed by atoms with Gasteiger partial charge in [0, 0.05) is 24.2 Å². The SMILES string of the molecule is CC(=O)Nc1ccc([N+](=O)[O-])c(C(C)(C)C)c1. The molecule has 0 spiro atoms. The molecule has 0 aliphatic heterocycles. The van der Waals surface area contributed by atoms with E-state index in [2.05, 4.69) is 5.32 Å². The standard InChI is InChI=1S/C12H16N2O3/c1-8(15)13-9-5-6-11(14(16)17)10(7-9)12(2,3)4/h5-7H,1-4H3,(H,13,15). The number of rotatable bonds is 2. The maximum atomic E-state index is 10.9. The van der Waals surface area contributed by atoms with Gasteiger partial charge in [-0.3, -0.25) is 14.9 Å². The van der Waals surface area contributed by atoms with Crippen molar-refractivity contribution < 1.29 is 9.72 Å². The number of nitrogens with zero attached hydrogens (tertiary/aromatic N) is 1. The van der Waals surface area contributed by atoms with Crippen molar-refractivity contribution >= 4 is 17.3 Å². The third-order valence-electron chi connectivity index (χ3n) is 2.32. The molecule has 0 unspecified atom stereocenters. The van der Waals surface area contributed by atoms with Crippen molar-refractivity contribution in [3.63, 3.8) is 0 Å². The molecule has 0 aliphatic rings. The minimum absolute atomic E-state index is 0.0756. The van der Waals surface area contributed by atoms with Gasteiger partial charge in [-0.25, -0.2) is 0 Å². The molecule has 0 aliphatic carbocycles. The second kappa shape index (κ2) is 4.53. The minimum atomic E-state index is -0.405. The highest BCUT2D eigenvalue weighted by atomic mass is 16.6. The molecule has 0 saturated heterocycles. The molecule has 1 rings (SSSR count). The van der Waals surface area contributed by atoms with Crippen LogP contribution < -0.4 is 5.32 Å². The van der Waals surface area contributed by atoms with Crippen molar-refractivity contribution in [2.45, 2.75) is 33.1 Å². The van der Waals surface area contributed by atoms with Crippen LogP contribution in [0.4, 0.5) is 11.4 Å². The average Bonchev–Trinajstić information content (AvgIpc) is 2.14. The number of anilines is 1. The number of amides is 1. The highest BCUT2D eigenvalue weighted by Crippen LogP contribution is 2.33. The number of carbonyl (C=O) groups is 1. The molecule has 0 saturated carbocycles. The van der Waals surface area contributed by atoms with Crippen LogP contribution in [-0.2, 0) is 10.2 Å². The van der Waals surface area contributed by atoms with E-state index in [-0.39, 0.29) is 17.0 Å². The molecule has 0 aromatic heterocycles. The fraction of sp³-hybridized carbons (Fsp3) is 0.417. The minimum Gasteiger partial charge on any atom is -0.326 e. The second-order valence-electron chi connectivity index (χ2n) is 4.92. The van der Waals surface area contributed by atoms with Crippen molar-refractivity contribution in [3.8, 4) is 0 Å². The predicted molar refractivity (Wildman–Crippen MR) is 66.1 cm³/mol.